The smallest absolute Gasteiger partial charge is 0.414 e. The number of fused-ring (bicyclic) bond motifs is 2. The van der Waals surface area contributed by atoms with E-state index in [-0.39, 0.29) is 5.69 Å². The molecule has 3 aromatic rings. The Bertz CT molecular complexity index is 1450. The van der Waals surface area contributed by atoms with Crippen LogP contribution in [0.5, 0.6) is 0 Å². The van der Waals surface area contributed by atoms with Crippen LogP contribution in [0.3, 0.4) is 0 Å². The maximum atomic E-state index is 13.5. The van der Waals surface area contributed by atoms with Crippen LogP contribution in [0.2, 0.25) is 0 Å². The molecule has 0 saturated heterocycles. The van der Waals surface area contributed by atoms with E-state index in [9.17, 15) is 14.0 Å². The number of hydrogen-bond acceptors (Lipinski definition) is 7. The molecule has 5 rings (SSSR count). The highest BCUT2D eigenvalue weighted by molar-refractivity contribution is 5.97. The molecule has 1 aliphatic carbocycles. The molecule has 206 valence electrons. The number of anilines is 3. The van der Waals surface area contributed by atoms with Crippen LogP contribution < -0.4 is 15.1 Å². The summed E-state index contributed by atoms with van der Waals surface area (Å²) < 4.78 is 25.9. The summed E-state index contributed by atoms with van der Waals surface area (Å²) in [4.78, 5) is 33.8. The Morgan fingerprint density at radius 1 is 1.31 bits per heavy atom. The fourth-order valence-electron chi connectivity index (χ4n) is 4.53. The summed E-state index contributed by atoms with van der Waals surface area (Å²) >= 11 is 0. The molecule has 2 aliphatic rings. The predicted molar refractivity (Wildman–Crippen MR) is 146 cm³/mol. The number of nitrogens with zero attached hydrogens (tertiary/aromatic N) is 5. The molecule has 2 unspecified atom stereocenters. The van der Waals surface area contributed by atoms with Crippen LogP contribution in [0, 0.1) is 0 Å². The first-order valence-electron chi connectivity index (χ1n) is 13.1. The molecular formula is C28H33FN6O4. The van der Waals surface area contributed by atoms with Crippen molar-refractivity contribution in [3.8, 4) is 0 Å². The maximum absolute atomic E-state index is 13.5. The van der Waals surface area contributed by atoms with Gasteiger partial charge in [-0.25, -0.2) is 18.7 Å². The lowest BCUT2D eigenvalue weighted by Gasteiger charge is -2.26. The van der Waals surface area contributed by atoms with Crippen LogP contribution >= 0.6 is 0 Å². The largest absolute Gasteiger partial charge is 0.501 e. The Balaban J connectivity index is 1.58. The van der Waals surface area contributed by atoms with Gasteiger partial charge in [0.15, 0.2) is 17.2 Å². The fourth-order valence-corrected chi connectivity index (χ4v) is 4.53. The van der Waals surface area contributed by atoms with E-state index >= 15 is 0 Å². The van der Waals surface area contributed by atoms with Gasteiger partial charge in [-0.05, 0) is 57.4 Å². The molecule has 1 fully saturated rings. The van der Waals surface area contributed by atoms with Crippen molar-refractivity contribution in [3.05, 3.63) is 53.5 Å². The van der Waals surface area contributed by atoms with Crippen molar-refractivity contribution in [1.29, 1.82) is 0 Å². The van der Waals surface area contributed by atoms with E-state index in [4.69, 9.17) is 14.6 Å². The minimum absolute atomic E-state index is 0.151. The number of amides is 2. The Hall–Kier alpha value is -4.15. The SMILES string of the molecule is CCO/C=C/c1cccc2c1CCN2c1cc(N(C)C(=O)OC(C)(C)C)c2ncc(C(=O)NC3CC3F)n2n1. The van der Waals surface area contributed by atoms with Crippen molar-refractivity contribution in [3.63, 3.8) is 0 Å². The molecule has 1 saturated carbocycles. The van der Waals surface area contributed by atoms with Crippen molar-refractivity contribution in [2.45, 2.75) is 58.4 Å². The second-order valence-electron chi connectivity index (χ2n) is 10.6. The average molecular weight is 537 g/mol. The molecule has 10 nitrogen and oxygen atoms in total. The van der Waals surface area contributed by atoms with Crippen LogP contribution in [-0.2, 0) is 15.9 Å². The summed E-state index contributed by atoms with van der Waals surface area (Å²) in [5, 5.41) is 7.45. The van der Waals surface area contributed by atoms with Crippen molar-refractivity contribution in [2.24, 2.45) is 0 Å². The van der Waals surface area contributed by atoms with Gasteiger partial charge in [0.2, 0.25) is 0 Å². The standard InChI is InChI=1S/C28H33FN6O4/c1-6-38-13-11-17-8-7-9-21-18(17)10-12-34(21)24-15-22(33(5)27(37)39-28(2,3)4)25-30-16-23(35(25)32-24)26(36)31-20-14-19(20)29/h7-9,11,13,15-16,19-20H,6,10,12,14H2,1-5H3,(H,31,36)/b13-11+. The lowest BCUT2D eigenvalue weighted by Crippen LogP contribution is -2.35. The number of benzene rings is 1. The van der Waals surface area contributed by atoms with Crippen LogP contribution in [0.4, 0.5) is 26.4 Å². The number of carbonyl (C=O) groups is 2. The lowest BCUT2D eigenvalue weighted by atomic mass is 10.1. The third-order valence-corrected chi connectivity index (χ3v) is 6.58. The average Bonchev–Trinajstić information content (AvgIpc) is 3.25. The summed E-state index contributed by atoms with van der Waals surface area (Å²) in [6.07, 6.45) is 4.47. The maximum Gasteiger partial charge on any atom is 0.414 e. The molecule has 3 heterocycles. The zero-order chi connectivity index (χ0) is 27.9. The first-order valence-corrected chi connectivity index (χ1v) is 13.1. The van der Waals surface area contributed by atoms with Gasteiger partial charge in [0, 0.05) is 31.8 Å². The van der Waals surface area contributed by atoms with E-state index in [1.54, 1.807) is 40.1 Å². The minimum Gasteiger partial charge on any atom is -0.501 e. The first kappa shape index (κ1) is 26.5. The fraction of sp³-hybridized carbons (Fsp3) is 0.429. The highest BCUT2D eigenvalue weighted by Crippen LogP contribution is 2.38. The van der Waals surface area contributed by atoms with Crippen molar-refractivity contribution in [2.75, 3.05) is 30.0 Å². The van der Waals surface area contributed by atoms with Gasteiger partial charge in [-0.15, -0.1) is 5.10 Å². The number of nitrogens with one attached hydrogen (secondary N) is 1. The molecule has 39 heavy (non-hydrogen) atoms. The van der Waals surface area contributed by atoms with Crippen LogP contribution in [0.25, 0.3) is 11.7 Å². The number of rotatable bonds is 7. The second-order valence-corrected chi connectivity index (χ2v) is 10.6. The Labute approximate surface area is 226 Å². The molecule has 1 aromatic carbocycles. The first-order chi connectivity index (χ1) is 18.6. The zero-order valence-electron chi connectivity index (χ0n) is 22.8. The summed E-state index contributed by atoms with van der Waals surface area (Å²) in [6, 6.07) is 7.27. The van der Waals surface area contributed by atoms with Gasteiger partial charge in [0.25, 0.3) is 5.91 Å². The Morgan fingerprint density at radius 3 is 2.77 bits per heavy atom. The Morgan fingerprint density at radius 2 is 2.08 bits per heavy atom. The van der Waals surface area contributed by atoms with Gasteiger partial charge in [-0.3, -0.25) is 9.69 Å². The normalized spacial score (nSPS) is 18.4. The van der Waals surface area contributed by atoms with Crippen molar-refractivity contribution < 1.29 is 23.5 Å². The van der Waals surface area contributed by atoms with Crippen LogP contribution in [-0.4, -0.2) is 64.6 Å². The van der Waals surface area contributed by atoms with E-state index in [0.29, 0.717) is 36.7 Å². The van der Waals surface area contributed by atoms with E-state index in [1.165, 1.54) is 15.6 Å². The topological polar surface area (TPSA) is 101 Å². The van der Waals surface area contributed by atoms with Gasteiger partial charge >= 0.3 is 6.09 Å². The summed E-state index contributed by atoms with van der Waals surface area (Å²) in [5.74, 6) is 0.0489. The quantitative estimate of drug-likeness (QED) is 0.439. The number of hydrogen-bond donors (Lipinski definition) is 1. The predicted octanol–water partition coefficient (Wildman–Crippen LogP) is 4.64. The van der Waals surface area contributed by atoms with Crippen molar-refractivity contribution >= 4 is 40.9 Å². The molecule has 0 radical (unpaired) electrons. The number of ether oxygens (including phenoxy) is 2. The monoisotopic (exact) mass is 536 g/mol. The number of imidazole rings is 1. The van der Waals surface area contributed by atoms with Gasteiger partial charge in [-0.1, -0.05) is 12.1 Å². The molecule has 11 heteroatoms. The highest BCUT2D eigenvalue weighted by Gasteiger charge is 2.39. The van der Waals surface area contributed by atoms with E-state index < -0.39 is 29.8 Å². The molecule has 2 amide bonds. The molecule has 2 atom stereocenters. The summed E-state index contributed by atoms with van der Waals surface area (Å²) in [7, 11) is 1.59. The van der Waals surface area contributed by atoms with Crippen LogP contribution in [0.1, 0.15) is 55.7 Å². The molecule has 0 spiro atoms. The molecule has 0 bridgehead atoms. The minimum atomic E-state index is -1.04. The Kier molecular flexibility index (Phi) is 6.92. The third kappa shape index (κ3) is 5.39. The summed E-state index contributed by atoms with van der Waals surface area (Å²) in [6.45, 7) is 8.53. The lowest BCUT2D eigenvalue weighted by molar-refractivity contribution is 0.0589. The van der Waals surface area contributed by atoms with Crippen molar-refractivity contribution in [1.82, 2.24) is 19.9 Å². The van der Waals surface area contributed by atoms with Crippen LogP contribution in [0.15, 0.2) is 36.7 Å². The van der Waals surface area contributed by atoms with Gasteiger partial charge in [0.1, 0.15) is 11.8 Å². The van der Waals surface area contributed by atoms with Gasteiger partial charge in [0.05, 0.1) is 30.8 Å². The van der Waals surface area contributed by atoms with E-state index in [2.05, 4.69) is 10.3 Å². The molecule has 1 N–H and O–H groups in total. The summed E-state index contributed by atoms with van der Waals surface area (Å²) in [5.41, 5.74) is 3.33. The number of alkyl halides is 1. The van der Waals surface area contributed by atoms with E-state index in [0.717, 1.165) is 23.2 Å². The number of aromatic nitrogens is 3. The van der Waals surface area contributed by atoms with E-state index in [1.807, 2.05) is 36.1 Å². The third-order valence-electron chi connectivity index (χ3n) is 6.58. The number of carbonyl (C=O) groups excluding carboxylic acids is 2. The highest BCUT2D eigenvalue weighted by atomic mass is 19.1. The second kappa shape index (κ2) is 10.2. The molecule has 1 aliphatic heterocycles. The molecule has 2 aromatic heterocycles. The molecular weight excluding hydrogens is 503 g/mol. The van der Waals surface area contributed by atoms with Gasteiger partial charge in [-0.2, -0.15) is 0 Å². The number of halogens is 1. The van der Waals surface area contributed by atoms with Gasteiger partial charge < -0.3 is 19.7 Å². The zero-order valence-corrected chi connectivity index (χ0v) is 22.8.